The van der Waals surface area contributed by atoms with Gasteiger partial charge in [0.1, 0.15) is 17.2 Å². The van der Waals surface area contributed by atoms with E-state index in [2.05, 4.69) is 245 Å². The van der Waals surface area contributed by atoms with Gasteiger partial charge in [0.2, 0.25) is 5.69 Å². The number of fused-ring (bicyclic) bond motifs is 20. The summed E-state index contributed by atoms with van der Waals surface area (Å²) in [6.45, 7) is 16.8. The molecule has 0 unspecified atom stereocenters. The zero-order valence-electron chi connectivity index (χ0n) is 47.0. The van der Waals surface area contributed by atoms with Crippen LogP contribution in [0, 0.1) is 17.9 Å². The van der Waals surface area contributed by atoms with E-state index in [-0.39, 0.29) is 11.1 Å². The van der Waals surface area contributed by atoms with E-state index < -0.39 is 0 Å². The summed E-state index contributed by atoms with van der Waals surface area (Å²) < 4.78 is 23.5. The first-order valence-corrected chi connectivity index (χ1v) is 29.1. The predicted molar refractivity (Wildman–Crippen MR) is 353 cm³/mol. The van der Waals surface area contributed by atoms with Crippen molar-refractivity contribution in [2.75, 3.05) is 0 Å². The molecule has 0 saturated carbocycles. The van der Waals surface area contributed by atoms with E-state index >= 15 is 0 Å². The second-order valence-corrected chi connectivity index (χ2v) is 23.7. The van der Waals surface area contributed by atoms with Crippen molar-refractivity contribution in [1.29, 1.82) is 5.26 Å². The van der Waals surface area contributed by atoms with Crippen LogP contribution in [0.15, 0.2) is 245 Å². The van der Waals surface area contributed by atoms with Gasteiger partial charge in [-0.3, -0.25) is 0 Å². The van der Waals surface area contributed by atoms with Crippen molar-refractivity contribution in [3.05, 3.63) is 259 Å². The van der Waals surface area contributed by atoms with Crippen molar-refractivity contribution in [3.63, 3.8) is 0 Å². The molecule has 0 N–H and O–H groups in total. The molecule has 12 aromatic carbocycles. The summed E-state index contributed by atoms with van der Waals surface area (Å²) in [5, 5.41) is 24.8. The van der Waals surface area contributed by atoms with Gasteiger partial charge in [0, 0.05) is 64.6 Å². The molecule has 8 nitrogen and oxygen atoms in total. The Labute approximate surface area is 491 Å². The van der Waals surface area contributed by atoms with Crippen LogP contribution in [0.2, 0.25) is 0 Å². The summed E-state index contributed by atoms with van der Waals surface area (Å²) in [4.78, 5) is 4.91. The summed E-state index contributed by atoms with van der Waals surface area (Å²) in [6.07, 6.45) is 0. The average Bonchev–Trinajstić information content (AvgIpc) is 1.48. The van der Waals surface area contributed by atoms with Crippen molar-refractivity contribution in [3.8, 4) is 39.9 Å². The molecular formula is C78H48N6O2. The highest BCUT2D eigenvalue weighted by Gasteiger charge is 2.36. The smallest absolute Gasteiger partial charge is 0.237 e. The Morgan fingerprint density at radius 1 is 0.360 bits per heavy atom. The maximum absolute atomic E-state index is 13.0. The second kappa shape index (κ2) is 17.5. The monoisotopic (exact) mass is 1100 g/mol. The molecular weight excluding hydrogens is 1050 g/mol. The van der Waals surface area contributed by atoms with Crippen molar-refractivity contribution in [2.24, 2.45) is 0 Å². The fraction of sp³-hybridized carbons (Fsp3) is 0.0513. The van der Waals surface area contributed by atoms with Crippen LogP contribution in [-0.4, -0.2) is 18.3 Å². The average molecular weight is 1100 g/mol. The molecule has 6 heterocycles. The van der Waals surface area contributed by atoms with E-state index in [0.29, 0.717) is 39.5 Å². The summed E-state index contributed by atoms with van der Waals surface area (Å²) in [6, 6.07) is 86.0. The normalized spacial score (nSPS) is 12.3. The molecule has 6 aromatic heterocycles. The minimum Gasteiger partial charge on any atom is -0.454 e. The number of rotatable bonds is 5. The van der Waals surface area contributed by atoms with E-state index in [1.165, 1.54) is 0 Å². The van der Waals surface area contributed by atoms with Crippen LogP contribution >= 0.6 is 0 Å². The number of furan rings is 2. The van der Waals surface area contributed by atoms with Gasteiger partial charge in [-0.25, -0.2) is 4.85 Å². The van der Waals surface area contributed by atoms with E-state index in [4.69, 9.17) is 13.7 Å². The highest BCUT2D eigenvalue weighted by atomic mass is 16.3. The Hall–Kier alpha value is -11.6. The van der Waals surface area contributed by atoms with Gasteiger partial charge < -0.3 is 27.1 Å². The molecule has 8 heteroatoms. The fourth-order valence-electron chi connectivity index (χ4n) is 14.4. The van der Waals surface area contributed by atoms with E-state index in [9.17, 15) is 11.8 Å². The lowest BCUT2D eigenvalue weighted by molar-refractivity contribution is 0.591. The zero-order valence-corrected chi connectivity index (χ0v) is 47.0. The molecule has 402 valence electrons. The number of hydrogen-bond donors (Lipinski definition) is 0. The molecule has 0 radical (unpaired) electrons. The standard InChI is InChI=1S/C78H48N6O2/c1-78(2,3)47-35-41-66-59(43-47)55-37-39-56-52-26-12-18-32-67(52)85-76(56)72(55)83(66)70-60(44-79)71(81-61-28-14-8-22-48(61)49-23-9-15-29-62(49)81)75(74(69(70)80-4)82-63-30-16-10-24-50(63)51-25-11-17-31-64(51)82)84-65-40-34-46(45-20-6-5-7-21-45)42-58(65)54-36-38-57-53-27-13-19-33-68(53)86-77(57)73(54)84/h5-43H,1-3H3. The van der Waals surface area contributed by atoms with Gasteiger partial charge >= 0.3 is 0 Å². The predicted octanol–water partition coefficient (Wildman–Crippen LogP) is 21.3. The Bertz CT molecular complexity index is 5830. The third kappa shape index (κ3) is 6.39. The van der Waals surface area contributed by atoms with Gasteiger partial charge in [-0.1, -0.05) is 185 Å². The molecule has 0 saturated heterocycles. The Morgan fingerprint density at radius 3 is 1.28 bits per heavy atom. The van der Waals surface area contributed by atoms with Crippen molar-refractivity contribution >= 4 is 137 Å². The number of para-hydroxylation sites is 6. The highest BCUT2D eigenvalue weighted by Crippen LogP contribution is 2.54. The number of nitriles is 1. The first-order chi connectivity index (χ1) is 42.3. The fourth-order valence-corrected chi connectivity index (χ4v) is 14.4. The Balaban J connectivity index is 1.16. The quantitative estimate of drug-likeness (QED) is 0.161. The molecule has 0 amide bonds. The van der Waals surface area contributed by atoms with Crippen molar-refractivity contribution < 1.29 is 8.83 Å². The topological polar surface area (TPSA) is 74.2 Å². The lowest BCUT2D eigenvalue weighted by Gasteiger charge is -2.27. The summed E-state index contributed by atoms with van der Waals surface area (Å²) in [5.74, 6) is 0. The molecule has 18 rings (SSSR count). The Morgan fingerprint density at radius 2 is 0.779 bits per heavy atom. The minimum atomic E-state index is -0.198. The molecule has 18 aromatic rings. The molecule has 0 spiro atoms. The van der Waals surface area contributed by atoms with E-state index in [1.807, 2.05) is 36.4 Å². The zero-order chi connectivity index (χ0) is 57.3. The largest absolute Gasteiger partial charge is 0.454 e. The maximum atomic E-state index is 13.0. The molecule has 0 aliphatic heterocycles. The number of hydrogen-bond acceptors (Lipinski definition) is 3. The van der Waals surface area contributed by atoms with Crippen LogP contribution in [-0.2, 0) is 5.41 Å². The number of nitrogens with zero attached hydrogens (tertiary/aromatic N) is 6. The van der Waals surface area contributed by atoms with Crippen LogP contribution in [0.1, 0.15) is 31.9 Å². The lowest BCUT2D eigenvalue weighted by atomic mass is 9.86. The highest BCUT2D eigenvalue weighted by molar-refractivity contribution is 6.25. The lowest BCUT2D eigenvalue weighted by Crippen LogP contribution is -2.15. The minimum absolute atomic E-state index is 0.198. The van der Waals surface area contributed by atoms with E-state index in [0.717, 1.165) is 137 Å². The van der Waals surface area contributed by atoms with Gasteiger partial charge in [-0.2, -0.15) is 5.26 Å². The molecule has 0 fully saturated rings. The maximum Gasteiger partial charge on any atom is 0.237 e. The van der Waals surface area contributed by atoms with Gasteiger partial charge in [-0.05, 0) is 94.9 Å². The van der Waals surface area contributed by atoms with Gasteiger partial charge in [-0.15, -0.1) is 0 Å². The first-order valence-electron chi connectivity index (χ1n) is 29.1. The van der Waals surface area contributed by atoms with Crippen molar-refractivity contribution in [2.45, 2.75) is 26.2 Å². The van der Waals surface area contributed by atoms with Crippen LogP contribution in [0.3, 0.4) is 0 Å². The van der Waals surface area contributed by atoms with Crippen LogP contribution in [0.25, 0.3) is 170 Å². The molecule has 0 bridgehead atoms. The van der Waals surface area contributed by atoms with Crippen LogP contribution in [0.4, 0.5) is 5.69 Å². The van der Waals surface area contributed by atoms with Gasteiger partial charge in [0.15, 0.2) is 11.2 Å². The summed E-state index contributed by atoms with van der Waals surface area (Å²) in [7, 11) is 0. The third-order valence-electron chi connectivity index (χ3n) is 18.2. The SMILES string of the molecule is [C-]#[N+]c1c(-n2c3ccccc3c3ccccc32)c(-n2c3ccc(-c4ccccc4)cc3c3ccc4c5ccccc5oc4c32)c(-n2c3ccccc3c3ccccc32)c(C#N)c1-n1c2ccc(C(C)(C)C)cc2c2ccc3c4ccccc4oc3c21. The van der Waals surface area contributed by atoms with Crippen LogP contribution < -0.4 is 0 Å². The first kappa shape index (κ1) is 48.0. The Kier molecular flexibility index (Phi) is 9.76. The molecule has 0 atom stereocenters. The molecule has 0 aliphatic rings. The van der Waals surface area contributed by atoms with Gasteiger partial charge in [0.05, 0.1) is 79.0 Å². The summed E-state index contributed by atoms with van der Waals surface area (Å²) in [5.41, 5.74) is 15.7. The number of benzene rings is 12. The van der Waals surface area contributed by atoms with Gasteiger partial charge in [0.25, 0.3) is 0 Å². The molecule has 86 heavy (non-hydrogen) atoms. The summed E-state index contributed by atoms with van der Waals surface area (Å²) >= 11 is 0. The number of aromatic nitrogens is 4. The van der Waals surface area contributed by atoms with E-state index in [1.54, 1.807) is 0 Å². The van der Waals surface area contributed by atoms with Crippen molar-refractivity contribution in [1.82, 2.24) is 18.3 Å². The molecule has 0 aliphatic carbocycles. The second-order valence-electron chi connectivity index (χ2n) is 23.7. The van der Waals surface area contributed by atoms with Crippen LogP contribution in [0.5, 0.6) is 0 Å². The third-order valence-corrected chi connectivity index (χ3v) is 18.2.